The fourth-order valence-corrected chi connectivity index (χ4v) is 5.47. The van der Waals surface area contributed by atoms with Crippen LogP contribution in [0.4, 0.5) is 0 Å². The maximum absolute atomic E-state index is 13.0. The molecule has 0 bridgehead atoms. The second-order valence-corrected chi connectivity index (χ2v) is 9.75. The van der Waals surface area contributed by atoms with Gasteiger partial charge in [0.15, 0.2) is 0 Å². The van der Waals surface area contributed by atoms with Gasteiger partial charge in [0, 0.05) is 29.9 Å². The molecule has 34 heavy (non-hydrogen) atoms. The first kappa shape index (κ1) is 22.7. The van der Waals surface area contributed by atoms with Crippen molar-refractivity contribution in [2.75, 3.05) is 0 Å². The van der Waals surface area contributed by atoms with Gasteiger partial charge in [-0.25, -0.2) is 0 Å². The van der Waals surface area contributed by atoms with Crippen molar-refractivity contribution >= 4 is 11.8 Å². The molecule has 0 aromatic heterocycles. The third kappa shape index (κ3) is 4.60. The molecule has 2 aromatic carbocycles. The average Bonchev–Trinajstić information content (AvgIpc) is 3.16. The van der Waals surface area contributed by atoms with Crippen molar-refractivity contribution in [2.24, 2.45) is 0 Å². The molecule has 2 aromatic rings. The highest BCUT2D eigenvalue weighted by atomic mass is 16.5. The highest BCUT2D eigenvalue weighted by Gasteiger charge is 2.38. The van der Waals surface area contributed by atoms with Crippen LogP contribution < -0.4 is 15.4 Å². The van der Waals surface area contributed by atoms with Crippen molar-refractivity contribution < 1.29 is 14.3 Å². The molecule has 2 aliphatic heterocycles. The summed E-state index contributed by atoms with van der Waals surface area (Å²) >= 11 is 0. The van der Waals surface area contributed by atoms with E-state index in [9.17, 15) is 9.59 Å². The molecular weight excluding hydrogens is 426 g/mol. The maximum Gasteiger partial charge on any atom is 0.255 e. The van der Waals surface area contributed by atoms with Gasteiger partial charge in [0.05, 0.1) is 0 Å². The predicted octanol–water partition coefficient (Wildman–Crippen LogP) is 4.48. The Kier molecular flexibility index (Phi) is 6.42. The van der Waals surface area contributed by atoms with Gasteiger partial charge in [0.1, 0.15) is 17.9 Å². The van der Waals surface area contributed by atoms with Crippen molar-refractivity contribution in [3.8, 4) is 5.75 Å². The summed E-state index contributed by atoms with van der Waals surface area (Å²) in [5.74, 6) is 0.571. The summed E-state index contributed by atoms with van der Waals surface area (Å²) in [4.78, 5) is 27.1. The first-order chi connectivity index (χ1) is 16.5. The second-order valence-electron chi connectivity index (χ2n) is 9.75. The summed E-state index contributed by atoms with van der Waals surface area (Å²) in [5, 5.41) is 6.58. The molecule has 6 nitrogen and oxygen atoms in total. The van der Waals surface area contributed by atoms with E-state index in [2.05, 4.69) is 48.4 Å². The standard InChI is InChI=1S/C28H33N3O3/c1-18-12-15-25(27(32)29-18)31-17-21-16-22(13-14-23(21)28(31)33)34-26-11-7-6-10-24(26)30-19(2)20-8-4-3-5-9-20/h3-5,8-9,13-14,16,19,24-26,30H,1,6-7,10-12,15,17H2,2H3,(H,29,32)/t19-,24?,25?,26?/m1/s1. The maximum atomic E-state index is 13.0. The lowest BCUT2D eigenvalue weighted by Gasteiger charge is -2.34. The highest BCUT2D eigenvalue weighted by Crippen LogP contribution is 2.32. The SMILES string of the molecule is C=C1CCC(N2Cc3cc(OC4CCCCC4N[C@H](C)c4ccccc4)ccc3C2=O)C(=O)N1. The van der Waals surface area contributed by atoms with Crippen LogP contribution in [0.5, 0.6) is 5.75 Å². The van der Waals surface area contributed by atoms with Gasteiger partial charge in [-0.05, 0) is 68.4 Å². The van der Waals surface area contributed by atoms with Gasteiger partial charge in [-0.3, -0.25) is 9.59 Å². The zero-order valence-corrected chi connectivity index (χ0v) is 19.8. The molecule has 3 unspecified atom stereocenters. The lowest BCUT2D eigenvalue weighted by molar-refractivity contribution is -0.126. The van der Waals surface area contributed by atoms with Crippen molar-refractivity contribution in [3.63, 3.8) is 0 Å². The van der Waals surface area contributed by atoms with E-state index in [1.54, 1.807) is 4.90 Å². The van der Waals surface area contributed by atoms with E-state index in [1.165, 1.54) is 12.0 Å². The zero-order valence-electron chi connectivity index (χ0n) is 19.8. The number of allylic oxidation sites excluding steroid dienone is 1. The Hall–Kier alpha value is -3.12. The third-order valence-corrected chi connectivity index (χ3v) is 7.36. The minimum Gasteiger partial charge on any atom is -0.489 e. The van der Waals surface area contributed by atoms with Crippen molar-refractivity contribution in [3.05, 3.63) is 77.5 Å². The molecule has 2 amide bonds. The Morgan fingerprint density at radius 2 is 1.88 bits per heavy atom. The number of hydrogen-bond donors (Lipinski definition) is 2. The zero-order chi connectivity index (χ0) is 23.7. The fraction of sp³-hybridized carbons (Fsp3) is 0.429. The molecule has 5 rings (SSSR count). The fourth-order valence-electron chi connectivity index (χ4n) is 5.47. The molecule has 2 heterocycles. The van der Waals surface area contributed by atoms with E-state index >= 15 is 0 Å². The minimum atomic E-state index is -0.443. The topological polar surface area (TPSA) is 70.7 Å². The number of nitrogens with zero attached hydrogens (tertiary/aromatic N) is 1. The lowest BCUT2D eigenvalue weighted by Crippen LogP contribution is -2.49. The molecule has 2 N–H and O–H groups in total. The van der Waals surface area contributed by atoms with Crippen LogP contribution >= 0.6 is 0 Å². The van der Waals surface area contributed by atoms with Crippen LogP contribution in [0.3, 0.4) is 0 Å². The third-order valence-electron chi connectivity index (χ3n) is 7.36. The summed E-state index contributed by atoms with van der Waals surface area (Å²) in [7, 11) is 0. The lowest BCUT2D eigenvalue weighted by atomic mass is 9.91. The number of piperidine rings is 1. The summed E-state index contributed by atoms with van der Waals surface area (Å²) in [6.45, 7) is 6.47. The van der Waals surface area contributed by atoms with Gasteiger partial charge < -0.3 is 20.3 Å². The molecule has 1 saturated heterocycles. The number of nitrogens with one attached hydrogen (secondary N) is 2. The van der Waals surface area contributed by atoms with Crippen molar-refractivity contribution in [1.82, 2.24) is 15.5 Å². The second kappa shape index (κ2) is 9.63. The van der Waals surface area contributed by atoms with Crippen LogP contribution in [0.1, 0.15) is 73.0 Å². The Balaban J connectivity index is 1.27. The quantitative estimate of drug-likeness (QED) is 0.669. The van der Waals surface area contributed by atoms with Crippen LogP contribution in [-0.4, -0.2) is 34.9 Å². The van der Waals surface area contributed by atoms with Crippen LogP contribution in [0.2, 0.25) is 0 Å². The first-order valence-corrected chi connectivity index (χ1v) is 12.4. The summed E-state index contributed by atoms with van der Waals surface area (Å²) < 4.78 is 6.50. The predicted molar refractivity (Wildman–Crippen MR) is 131 cm³/mol. The normalized spacial score (nSPS) is 25.6. The number of carbonyl (C=O) groups excluding carboxylic acids is 2. The molecule has 3 aliphatic rings. The molecule has 2 fully saturated rings. The minimum absolute atomic E-state index is 0.0805. The molecule has 0 radical (unpaired) electrons. The van der Waals surface area contributed by atoms with Crippen LogP contribution in [0.15, 0.2) is 60.8 Å². The molecule has 178 valence electrons. The van der Waals surface area contributed by atoms with E-state index in [-0.39, 0.29) is 30.0 Å². The number of fused-ring (bicyclic) bond motifs is 1. The smallest absolute Gasteiger partial charge is 0.255 e. The average molecular weight is 460 g/mol. The van der Waals surface area contributed by atoms with Gasteiger partial charge in [0.2, 0.25) is 5.91 Å². The molecule has 0 spiro atoms. The van der Waals surface area contributed by atoms with Crippen LogP contribution in [0.25, 0.3) is 0 Å². The van der Waals surface area contributed by atoms with Gasteiger partial charge >= 0.3 is 0 Å². The summed E-state index contributed by atoms with van der Waals surface area (Å²) in [6.07, 6.45) is 5.84. The Morgan fingerprint density at radius 3 is 2.68 bits per heavy atom. The van der Waals surface area contributed by atoms with E-state index in [0.29, 0.717) is 24.9 Å². The molecule has 1 saturated carbocycles. The van der Waals surface area contributed by atoms with E-state index in [4.69, 9.17) is 4.74 Å². The number of carbonyl (C=O) groups is 2. The number of benzene rings is 2. The summed E-state index contributed by atoms with van der Waals surface area (Å²) in [6, 6.07) is 16.3. The van der Waals surface area contributed by atoms with Gasteiger partial charge in [-0.15, -0.1) is 0 Å². The Bertz CT molecular complexity index is 1080. The number of amides is 2. The number of rotatable bonds is 6. The monoisotopic (exact) mass is 459 g/mol. The van der Waals surface area contributed by atoms with Gasteiger partial charge in [-0.1, -0.05) is 43.3 Å². The number of hydrogen-bond acceptors (Lipinski definition) is 4. The van der Waals surface area contributed by atoms with Crippen LogP contribution in [0, 0.1) is 0 Å². The van der Waals surface area contributed by atoms with Gasteiger partial charge in [0.25, 0.3) is 5.91 Å². The number of ether oxygens (including phenoxy) is 1. The van der Waals surface area contributed by atoms with Crippen LogP contribution in [-0.2, 0) is 11.3 Å². The molecular formula is C28H33N3O3. The van der Waals surface area contributed by atoms with Crippen molar-refractivity contribution in [2.45, 2.75) is 76.2 Å². The Morgan fingerprint density at radius 1 is 1.09 bits per heavy atom. The highest BCUT2D eigenvalue weighted by molar-refractivity contribution is 6.01. The Labute approximate surface area is 201 Å². The van der Waals surface area contributed by atoms with Crippen molar-refractivity contribution in [1.29, 1.82) is 0 Å². The largest absolute Gasteiger partial charge is 0.489 e. The van der Waals surface area contributed by atoms with Gasteiger partial charge in [-0.2, -0.15) is 0 Å². The molecule has 1 aliphatic carbocycles. The van der Waals surface area contributed by atoms with E-state index < -0.39 is 6.04 Å². The van der Waals surface area contributed by atoms with E-state index in [1.807, 2.05) is 24.3 Å². The first-order valence-electron chi connectivity index (χ1n) is 12.4. The summed E-state index contributed by atoms with van der Waals surface area (Å²) in [5.41, 5.74) is 3.59. The molecule has 6 heteroatoms. The molecule has 4 atom stereocenters. The van der Waals surface area contributed by atoms with E-state index in [0.717, 1.165) is 36.3 Å².